The number of nitro benzene ring substituents is 1. The molecule has 0 atom stereocenters. The lowest BCUT2D eigenvalue weighted by atomic mass is 10.1. The first-order chi connectivity index (χ1) is 14.0. The van der Waals surface area contributed by atoms with Gasteiger partial charge in [-0.2, -0.15) is 0 Å². The van der Waals surface area contributed by atoms with E-state index in [2.05, 4.69) is 16.2 Å². The Morgan fingerprint density at radius 2 is 1.79 bits per heavy atom. The Morgan fingerprint density at radius 1 is 1.07 bits per heavy atom. The van der Waals surface area contributed by atoms with Crippen molar-refractivity contribution < 1.29 is 14.1 Å². The van der Waals surface area contributed by atoms with Gasteiger partial charge in [0.15, 0.2) is 10.9 Å². The molecule has 9 heteroatoms. The third-order valence-electron chi connectivity index (χ3n) is 4.13. The molecule has 0 radical (unpaired) electrons. The van der Waals surface area contributed by atoms with Crippen molar-refractivity contribution in [1.29, 1.82) is 0 Å². The number of nitro groups is 1. The van der Waals surface area contributed by atoms with Crippen molar-refractivity contribution in [2.75, 3.05) is 5.32 Å². The number of amides is 1. The van der Waals surface area contributed by atoms with Crippen LogP contribution in [0.4, 0.5) is 11.4 Å². The van der Waals surface area contributed by atoms with Crippen LogP contribution in [0, 0.1) is 10.1 Å². The topological polar surface area (TPSA) is 109 Å². The van der Waals surface area contributed by atoms with Gasteiger partial charge in [0.05, 0.1) is 4.92 Å². The molecule has 0 aliphatic rings. The summed E-state index contributed by atoms with van der Waals surface area (Å²) in [5.74, 6) is -0.0173. The summed E-state index contributed by atoms with van der Waals surface area (Å²) in [7, 11) is 0. The Morgan fingerprint density at radius 3 is 2.48 bits per heavy atom. The van der Waals surface area contributed by atoms with E-state index in [0.29, 0.717) is 11.3 Å². The van der Waals surface area contributed by atoms with Gasteiger partial charge in [0.25, 0.3) is 5.69 Å². The monoisotopic (exact) mass is 410 g/mol. The van der Waals surface area contributed by atoms with Gasteiger partial charge >= 0.3 is 5.91 Å². The minimum Gasteiger partial charge on any atom is -0.451 e. The summed E-state index contributed by atoms with van der Waals surface area (Å²) in [5, 5.41) is 14.0. The zero-order valence-electron chi connectivity index (χ0n) is 15.5. The van der Waals surface area contributed by atoms with Gasteiger partial charge in [-0.3, -0.25) is 25.8 Å². The van der Waals surface area contributed by atoms with E-state index in [0.717, 1.165) is 17.7 Å². The molecule has 0 aliphatic carbocycles. The van der Waals surface area contributed by atoms with Crippen LogP contribution in [0.3, 0.4) is 0 Å². The number of nitrogens with one attached hydrogen (secondary N) is 3. The summed E-state index contributed by atoms with van der Waals surface area (Å²) in [4.78, 5) is 22.5. The highest BCUT2D eigenvalue weighted by molar-refractivity contribution is 7.80. The number of hydrogen-bond donors (Lipinski definition) is 3. The highest BCUT2D eigenvalue weighted by atomic mass is 32.1. The lowest BCUT2D eigenvalue weighted by Crippen LogP contribution is -2.43. The van der Waals surface area contributed by atoms with Crippen LogP contribution in [0.1, 0.15) is 23.0 Å². The number of aryl methyl sites for hydroxylation is 1. The van der Waals surface area contributed by atoms with Gasteiger partial charge in [0.2, 0.25) is 0 Å². The quantitative estimate of drug-likeness (QED) is 0.331. The molecule has 3 N–H and O–H groups in total. The molecular weight excluding hydrogens is 392 g/mol. The van der Waals surface area contributed by atoms with Crippen molar-refractivity contribution in [3.63, 3.8) is 0 Å². The minimum atomic E-state index is -0.508. The Kier molecular flexibility index (Phi) is 6.20. The molecular formula is C20H18N4O4S. The van der Waals surface area contributed by atoms with Crippen molar-refractivity contribution in [1.82, 2.24) is 10.9 Å². The van der Waals surface area contributed by atoms with Gasteiger partial charge in [0, 0.05) is 23.4 Å². The predicted molar refractivity (Wildman–Crippen MR) is 113 cm³/mol. The number of para-hydroxylation sites is 1. The molecule has 1 aromatic heterocycles. The minimum absolute atomic E-state index is 0.0202. The summed E-state index contributed by atoms with van der Waals surface area (Å²) in [6, 6.07) is 16.7. The van der Waals surface area contributed by atoms with Gasteiger partial charge in [-0.25, -0.2) is 0 Å². The van der Waals surface area contributed by atoms with Crippen molar-refractivity contribution in [3.8, 4) is 11.3 Å². The van der Waals surface area contributed by atoms with Crippen LogP contribution < -0.4 is 16.2 Å². The third kappa shape index (κ3) is 4.96. The predicted octanol–water partition coefficient (Wildman–Crippen LogP) is 4.05. The fourth-order valence-corrected chi connectivity index (χ4v) is 2.80. The van der Waals surface area contributed by atoms with E-state index < -0.39 is 10.8 Å². The molecule has 0 saturated carbocycles. The van der Waals surface area contributed by atoms with E-state index in [4.69, 9.17) is 16.6 Å². The molecule has 2 aromatic carbocycles. The van der Waals surface area contributed by atoms with E-state index in [1.807, 2.05) is 31.2 Å². The van der Waals surface area contributed by atoms with E-state index in [1.54, 1.807) is 18.2 Å². The fraction of sp³-hybridized carbons (Fsp3) is 0.100. The van der Waals surface area contributed by atoms with E-state index in [9.17, 15) is 14.9 Å². The summed E-state index contributed by atoms with van der Waals surface area (Å²) < 4.78 is 5.53. The van der Waals surface area contributed by atoms with Crippen LogP contribution in [0.2, 0.25) is 0 Å². The molecule has 0 spiro atoms. The van der Waals surface area contributed by atoms with Crippen LogP contribution in [0.25, 0.3) is 11.3 Å². The molecule has 0 bridgehead atoms. The smallest absolute Gasteiger partial charge is 0.305 e. The summed E-state index contributed by atoms with van der Waals surface area (Å²) in [6.45, 7) is 2.04. The molecule has 8 nitrogen and oxygen atoms in total. The molecule has 1 amide bonds. The molecule has 1 heterocycles. The van der Waals surface area contributed by atoms with Crippen LogP contribution in [0.15, 0.2) is 65.1 Å². The number of nitrogens with zero attached hydrogens (tertiary/aromatic N) is 1. The number of hydrogen-bond acceptors (Lipinski definition) is 5. The maximum atomic E-state index is 12.3. The molecule has 0 fully saturated rings. The van der Waals surface area contributed by atoms with Gasteiger partial charge in [0.1, 0.15) is 5.76 Å². The highest BCUT2D eigenvalue weighted by Crippen LogP contribution is 2.24. The number of furan rings is 1. The van der Waals surface area contributed by atoms with Crippen LogP contribution in [0.5, 0.6) is 0 Å². The number of benzene rings is 2. The number of rotatable bonds is 5. The van der Waals surface area contributed by atoms with Crippen molar-refractivity contribution in [2.45, 2.75) is 13.3 Å². The number of thiocarbonyl (C=S) groups is 1. The maximum absolute atomic E-state index is 12.3. The largest absolute Gasteiger partial charge is 0.451 e. The summed E-state index contributed by atoms with van der Waals surface area (Å²) in [5.41, 5.74) is 7.67. The standard InChI is InChI=1S/C20H18N4O4S/c1-2-13-5-3-4-6-16(13)21-20(29)23-22-19(25)18-12-11-17(28-18)14-7-9-15(10-8-14)24(26)27/h3-12H,2H2,1H3,(H,22,25)(H2,21,23,29). The van der Waals surface area contributed by atoms with Crippen molar-refractivity contribution in [2.24, 2.45) is 0 Å². The number of carbonyl (C=O) groups excluding carboxylic acids is 1. The molecule has 148 valence electrons. The number of non-ortho nitro benzene ring substituents is 1. The van der Waals surface area contributed by atoms with Crippen LogP contribution >= 0.6 is 12.2 Å². The first-order valence-corrected chi connectivity index (χ1v) is 9.18. The molecule has 0 aliphatic heterocycles. The van der Waals surface area contributed by atoms with E-state index in [1.165, 1.54) is 18.2 Å². The molecule has 3 aromatic rings. The first-order valence-electron chi connectivity index (χ1n) is 8.78. The van der Waals surface area contributed by atoms with Gasteiger partial charge < -0.3 is 9.73 Å². The normalized spacial score (nSPS) is 10.2. The average Bonchev–Trinajstić information content (AvgIpc) is 3.23. The zero-order valence-corrected chi connectivity index (χ0v) is 16.3. The Labute approximate surface area is 172 Å². The SMILES string of the molecule is CCc1ccccc1NC(=S)NNC(=O)c1ccc(-c2ccc([N+](=O)[O-])cc2)o1. The highest BCUT2D eigenvalue weighted by Gasteiger charge is 2.14. The molecule has 3 rings (SSSR count). The lowest BCUT2D eigenvalue weighted by Gasteiger charge is -2.13. The second-order valence-electron chi connectivity index (χ2n) is 6.01. The van der Waals surface area contributed by atoms with Gasteiger partial charge in [-0.05, 0) is 54.5 Å². The number of hydrazine groups is 1. The molecule has 0 unspecified atom stereocenters. The van der Waals surface area contributed by atoms with Gasteiger partial charge in [-0.15, -0.1) is 0 Å². The van der Waals surface area contributed by atoms with Crippen molar-refractivity contribution in [3.05, 3.63) is 82.1 Å². The summed E-state index contributed by atoms with van der Waals surface area (Å²) >= 11 is 5.20. The van der Waals surface area contributed by atoms with E-state index >= 15 is 0 Å². The Hall–Kier alpha value is -3.72. The van der Waals surface area contributed by atoms with Crippen LogP contribution in [-0.2, 0) is 6.42 Å². The van der Waals surface area contributed by atoms with Crippen LogP contribution in [-0.4, -0.2) is 15.9 Å². The first kappa shape index (κ1) is 20.0. The van der Waals surface area contributed by atoms with Gasteiger partial charge in [-0.1, -0.05) is 25.1 Å². The fourth-order valence-electron chi connectivity index (χ4n) is 2.64. The Balaban J connectivity index is 1.59. The zero-order chi connectivity index (χ0) is 20.8. The molecule has 29 heavy (non-hydrogen) atoms. The number of anilines is 1. The maximum Gasteiger partial charge on any atom is 0.305 e. The average molecular weight is 410 g/mol. The Bertz CT molecular complexity index is 1050. The number of carbonyl (C=O) groups is 1. The lowest BCUT2D eigenvalue weighted by molar-refractivity contribution is -0.384. The summed E-state index contributed by atoms with van der Waals surface area (Å²) in [6.07, 6.45) is 0.843. The van der Waals surface area contributed by atoms with Crippen molar-refractivity contribution >= 4 is 34.6 Å². The third-order valence-corrected chi connectivity index (χ3v) is 4.33. The molecule has 0 saturated heterocycles. The second-order valence-corrected chi connectivity index (χ2v) is 6.42. The van der Waals surface area contributed by atoms with E-state index in [-0.39, 0.29) is 16.6 Å². The second kappa shape index (κ2) is 8.98.